The SMILES string of the molecule is O=C(Nc1ccccc1)c1cc(N2CCN(c3cccc(Cl)c3)CC2)ccn1. The van der Waals surface area contributed by atoms with E-state index in [1.807, 2.05) is 60.7 Å². The predicted molar refractivity (Wildman–Crippen MR) is 115 cm³/mol. The number of hydrogen-bond acceptors (Lipinski definition) is 4. The number of carbonyl (C=O) groups is 1. The van der Waals surface area contributed by atoms with Crippen LogP contribution >= 0.6 is 11.6 Å². The fourth-order valence-corrected chi connectivity index (χ4v) is 3.54. The summed E-state index contributed by atoms with van der Waals surface area (Å²) in [5.41, 5.74) is 3.33. The molecular formula is C22H21ClN4O. The minimum Gasteiger partial charge on any atom is -0.368 e. The highest BCUT2D eigenvalue weighted by molar-refractivity contribution is 6.30. The number of aromatic nitrogens is 1. The summed E-state index contributed by atoms with van der Waals surface area (Å²) < 4.78 is 0. The maximum atomic E-state index is 12.5. The van der Waals surface area contributed by atoms with Crippen LogP contribution in [0.3, 0.4) is 0 Å². The molecular weight excluding hydrogens is 372 g/mol. The fourth-order valence-electron chi connectivity index (χ4n) is 3.35. The zero-order valence-corrected chi connectivity index (χ0v) is 16.1. The number of piperazine rings is 1. The van der Waals surface area contributed by atoms with E-state index in [-0.39, 0.29) is 5.91 Å². The van der Waals surface area contributed by atoms with Crippen LogP contribution in [0.1, 0.15) is 10.5 Å². The van der Waals surface area contributed by atoms with E-state index in [4.69, 9.17) is 11.6 Å². The van der Waals surface area contributed by atoms with Gasteiger partial charge in [-0.15, -0.1) is 0 Å². The Morgan fingerprint density at radius 1 is 0.857 bits per heavy atom. The van der Waals surface area contributed by atoms with Gasteiger partial charge in [-0.1, -0.05) is 35.9 Å². The summed E-state index contributed by atoms with van der Waals surface area (Å²) in [6.45, 7) is 3.54. The van der Waals surface area contributed by atoms with E-state index < -0.39 is 0 Å². The molecule has 5 nitrogen and oxygen atoms in total. The molecule has 0 atom stereocenters. The fraction of sp³-hybridized carbons (Fsp3) is 0.182. The van der Waals surface area contributed by atoms with Gasteiger partial charge >= 0.3 is 0 Å². The van der Waals surface area contributed by atoms with Crippen LogP contribution < -0.4 is 15.1 Å². The molecule has 2 aromatic carbocycles. The molecule has 1 aliphatic heterocycles. The van der Waals surface area contributed by atoms with Crippen molar-refractivity contribution in [1.29, 1.82) is 0 Å². The van der Waals surface area contributed by atoms with Crippen LogP contribution in [0, 0.1) is 0 Å². The van der Waals surface area contributed by atoms with Crippen molar-refractivity contribution in [3.8, 4) is 0 Å². The summed E-state index contributed by atoms with van der Waals surface area (Å²) >= 11 is 6.11. The molecule has 1 amide bonds. The Hall–Kier alpha value is -3.05. The Morgan fingerprint density at radius 3 is 2.21 bits per heavy atom. The number of amides is 1. The number of nitrogens with zero attached hydrogens (tertiary/aromatic N) is 3. The highest BCUT2D eigenvalue weighted by atomic mass is 35.5. The van der Waals surface area contributed by atoms with Crippen LogP contribution in [0.25, 0.3) is 0 Å². The van der Waals surface area contributed by atoms with Crippen molar-refractivity contribution in [2.45, 2.75) is 0 Å². The van der Waals surface area contributed by atoms with E-state index in [0.717, 1.165) is 48.3 Å². The van der Waals surface area contributed by atoms with Crippen molar-refractivity contribution in [3.05, 3.63) is 83.6 Å². The average Bonchev–Trinajstić information content (AvgIpc) is 2.75. The first kappa shape index (κ1) is 18.3. The Kier molecular flexibility index (Phi) is 5.44. The summed E-state index contributed by atoms with van der Waals surface area (Å²) in [7, 11) is 0. The number of hydrogen-bond donors (Lipinski definition) is 1. The Labute approximate surface area is 169 Å². The number of anilines is 3. The third-order valence-corrected chi connectivity index (χ3v) is 5.06. The van der Waals surface area contributed by atoms with Crippen LogP contribution in [-0.2, 0) is 0 Å². The lowest BCUT2D eigenvalue weighted by Gasteiger charge is -2.37. The number of rotatable bonds is 4. The van der Waals surface area contributed by atoms with Gasteiger partial charge in [-0.05, 0) is 42.5 Å². The van der Waals surface area contributed by atoms with E-state index >= 15 is 0 Å². The van der Waals surface area contributed by atoms with E-state index in [1.165, 1.54) is 0 Å². The average molecular weight is 393 g/mol. The molecule has 1 saturated heterocycles. The lowest BCUT2D eigenvalue weighted by molar-refractivity contribution is 0.102. The van der Waals surface area contributed by atoms with Crippen LogP contribution in [0.5, 0.6) is 0 Å². The van der Waals surface area contributed by atoms with Crippen molar-refractivity contribution in [1.82, 2.24) is 4.98 Å². The monoisotopic (exact) mass is 392 g/mol. The Morgan fingerprint density at radius 2 is 1.54 bits per heavy atom. The van der Waals surface area contributed by atoms with E-state index in [2.05, 4.69) is 26.2 Å². The molecule has 1 N–H and O–H groups in total. The van der Waals surface area contributed by atoms with E-state index in [9.17, 15) is 4.79 Å². The number of halogens is 1. The topological polar surface area (TPSA) is 48.5 Å². The number of carbonyl (C=O) groups excluding carboxylic acids is 1. The molecule has 0 aliphatic carbocycles. The van der Waals surface area contributed by atoms with Gasteiger partial charge in [-0.3, -0.25) is 9.78 Å². The Bertz CT molecular complexity index is 956. The van der Waals surface area contributed by atoms with Gasteiger partial charge in [0.1, 0.15) is 5.69 Å². The lowest BCUT2D eigenvalue weighted by atomic mass is 10.2. The largest absolute Gasteiger partial charge is 0.368 e. The second-order valence-corrected chi connectivity index (χ2v) is 7.11. The molecule has 0 radical (unpaired) electrons. The molecule has 6 heteroatoms. The summed E-state index contributed by atoms with van der Waals surface area (Å²) in [6, 6.07) is 21.2. The molecule has 2 heterocycles. The molecule has 0 bridgehead atoms. The third-order valence-electron chi connectivity index (χ3n) is 4.83. The molecule has 0 unspecified atom stereocenters. The molecule has 4 rings (SSSR count). The summed E-state index contributed by atoms with van der Waals surface area (Å²) in [5.74, 6) is -0.203. The normalized spacial score (nSPS) is 14.0. The van der Waals surface area contributed by atoms with Crippen LogP contribution in [-0.4, -0.2) is 37.1 Å². The second kappa shape index (κ2) is 8.31. The first-order valence-electron chi connectivity index (χ1n) is 9.27. The van der Waals surface area contributed by atoms with Crippen molar-refractivity contribution >= 4 is 34.6 Å². The molecule has 1 fully saturated rings. The lowest BCUT2D eigenvalue weighted by Crippen LogP contribution is -2.46. The molecule has 1 aliphatic rings. The van der Waals surface area contributed by atoms with Gasteiger partial charge in [0.2, 0.25) is 0 Å². The third kappa shape index (κ3) is 4.26. The van der Waals surface area contributed by atoms with E-state index in [1.54, 1.807) is 6.20 Å². The van der Waals surface area contributed by atoms with Crippen molar-refractivity contribution in [2.75, 3.05) is 41.3 Å². The molecule has 142 valence electrons. The van der Waals surface area contributed by atoms with Crippen molar-refractivity contribution in [3.63, 3.8) is 0 Å². The number of pyridine rings is 1. The van der Waals surface area contributed by atoms with Gasteiger partial charge in [0.15, 0.2) is 0 Å². The zero-order chi connectivity index (χ0) is 19.3. The van der Waals surface area contributed by atoms with Crippen LogP contribution in [0.4, 0.5) is 17.1 Å². The van der Waals surface area contributed by atoms with E-state index in [0.29, 0.717) is 5.69 Å². The first-order chi connectivity index (χ1) is 13.7. The van der Waals surface area contributed by atoms with Crippen molar-refractivity contribution < 1.29 is 4.79 Å². The standard InChI is InChI=1S/C22H21ClN4O/c23-17-5-4-8-19(15-17)26-11-13-27(14-12-26)20-9-10-24-21(16-20)22(28)25-18-6-2-1-3-7-18/h1-10,15-16H,11-14H2,(H,25,28). The number of para-hydroxylation sites is 1. The highest BCUT2D eigenvalue weighted by Crippen LogP contribution is 2.23. The molecule has 28 heavy (non-hydrogen) atoms. The minimum atomic E-state index is -0.203. The number of benzene rings is 2. The predicted octanol–water partition coefficient (Wildman–Crippen LogP) is 4.31. The maximum absolute atomic E-state index is 12.5. The van der Waals surface area contributed by atoms with Crippen LogP contribution in [0.15, 0.2) is 72.9 Å². The van der Waals surface area contributed by atoms with Gasteiger partial charge in [0, 0.05) is 54.5 Å². The second-order valence-electron chi connectivity index (χ2n) is 6.67. The van der Waals surface area contributed by atoms with Gasteiger partial charge in [-0.25, -0.2) is 0 Å². The maximum Gasteiger partial charge on any atom is 0.274 e. The first-order valence-corrected chi connectivity index (χ1v) is 9.65. The molecule has 0 saturated carbocycles. The molecule has 1 aromatic heterocycles. The summed E-state index contributed by atoms with van der Waals surface area (Å²) in [5, 5.41) is 3.63. The molecule has 0 spiro atoms. The summed E-state index contributed by atoms with van der Waals surface area (Å²) in [6.07, 6.45) is 1.69. The smallest absolute Gasteiger partial charge is 0.274 e. The van der Waals surface area contributed by atoms with Crippen LogP contribution in [0.2, 0.25) is 5.02 Å². The highest BCUT2D eigenvalue weighted by Gasteiger charge is 2.19. The van der Waals surface area contributed by atoms with Gasteiger partial charge in [0.25, 0.3) is 5.91 Å². The van der Waals surface area contributed by atoms with Crippen molar-refractivity contribution in [2.24, 2.45) is 0 Å². The number of nitrogens with one attached hydrogen (secondary N) is 1. The van der Waals surface area contributed by atoms with Gasteiger partial charge in [0.05, 0.1) is 0 Å². The minimum absolute atomic E-state index is 0.203. The molecule has 3 aromatic rings. The summed E-state index contributed by atoms with van der Waals surface area (Å²) in [4.78, 5) is 21.3. The Balaban J connectivity index is 1.42. The van der Waals surface area contributed by atoms with Gasteiger partial charge < -0.3 is 15.1 Å². The zero-order valence-electron chi connectivity index (χ0n) is 15.4. The quantitative estimate of drug-likeness (QED) is 0.718. The van der Waals surface area contributed by atoms with Gasteiger partial charge in [-0.2, -0.15) is 0 Å².